The third kappa shape index (κ3) is 3.94. The topological polar surface area (TPSA) is 45.5 Å². The molecule has 1 aromatic heterocycles. The van der Waals surface area contributed by atoms with Crippen molar-refractivity contribution in [1.82, 2.24) is 9.47 Å². The largest absolute Gasteiger partial charge is 0.414 e. The standard InChI is InChI=1S/C21H25F3N2O2/c1-13-5-4-6-17(11-13)26-14(2)12-18(15(26)3)20(28)25-9-7-16(8-10-25)19(27)21(22,23)24/h4-6,11-12,16,19,27H,7-10H2,1-3H3. The first-order valence-electron chi connectivity index (χ1n) is 9.39. The summed E-state index contributed by atoms with van der Waals surface area (Å²) in [4.78, 5) is 14.6. The zero-order valence-electron chi connectivity index (χ0n) is 16.3. The molecule has 0 spiro atoms. The molecule has 1 aromatic carbocycles. The average Bonchev–Trinajstić information content (AvgIpc) is 2.94. The van der Waals surface area contributed by atoms with Crippen LogP contribution in [0, 0.1) is 26.7 Å². The normalized spacial score (nSPS) is 17.0. The lowest BCUT2D eigenvalue weighted by Crippen LogP contribution is -2.45. The monoisotopic (exact) mass is 394 g/mol. The minimum Gasteiger partial charge on any atom is -0.383 e. The lowest BCUT2D eigenvalue weighted by atomic mass is 9.90. The maximum atomic E-state index is 13.0. The summed E-state index contributed by atoms with van der Waals surface area (Å²) in [5, 5.41) is 9.45. The lowest BCUT2D eigenvalue weighted by molar-refractivity contribution is -0.222. The van der Waals surface area contributed by atoms with Gasteiger partial charge < -0.3 is 14.6 Å². The fourth-order valence-electron chi connectivity index (χ4n) is 4.00. The number of hydrogen-bond acceptors (Lipinski definition) is 2. The summed E-state index contributed by atoms with van der Waals surface area (Å²) in [6, 6.07) is 9.81. The van der Waals surface area contributed by atoms with Crippen LogP contribution in [-0.2, 0) is 0 Å². The molecular weight excluding hydrogens is 369 g/mol. The first-order valence-corrected chi connectivity index (χ1v) is 9.39. The van der Waals surface area contributed by atoms with E-state index in [0.717, 1.165) is 22.6 Å². The molecule has 0 radical (unpaired) electrons. The number of carbonyl (C=O) groups is 1. The third-order valence-corrected chi connectivity index (χ3v) is 5.53. The second-order valence-corrected chi connectivity index (χ2v) is 7.58. The Bertz CT molecular complexity index is 865. The quantitative estimate of drug-likeness (QED) is 0.849. The number of carbonyl (C=O) groups excluding carboxylic acids is 1. The van der Waals surface area contributed by atoms with Crippen LogP contribution in [0.4, 0.5) is 13.2 Å². The van der Waals surface area contributed by atoms with E-state index in [-0.39, 0.29) is 31.8 Å². The van der Waals surface area contributed by atoms with Gasteiger partial charge in [-0.2, -0.15) is 13.2 Å². The predicted molar refractivity (Wildman–Crippen MR) is 101 cm³/mol. The van der Waals surface area contributed by atoms with Crippen LogP contribution in [0.5, 0.6) is 0 Å². The Morgan fingerprint density at radius 1 is 1.14 bits per heavy atom. The number of likely N-dealkylation sites (tertiary alicyclic amines) is 1. The molecule has 7 heteroatoms. The fourth-order valence-corrected chi connectivity index (χ4v) is 4.00. The molecule has 1 atom stereocenters. The van der Waals surface area contributed by atoms with Gasteiger partial charge >= 0.3 is 6.18 Å². The first kappa shape index (κ1) is 20.5. The first-order chi connectivity index (χ1) is 13.1. The molecule has 4 nitrogen and oxygen atoms in total. The van der Waals surface area contributed by atoms with Crippen molar-refractivity contribution in [2.45, 2.75) is 45.9 Å². The van der Waals surface area contributed by atoms with Crippen LogP contribution in [0.25, 0.3) is 5.69 Å². The number of aliphatic hydroxyl groups excluding tert-OH is 1. The molecule has 1 aliphatic rings. The van der Waals surface area contributed by atoms with Gasteiger partial charge in [-0.3, -0.25) is 4.79 Å². The Morgan fingerprint density at radius 2 is 1.79 bits per heavy atom. The number of aliphatic hydroxyl groups is 1. The van der Waals surface area contributed by atoms with Gasteiger partial charge in [-0.25, -0.2) is 0 Å². The van der Waals surface area contributed by atoms with E-state index in [4.69, 9.17) is 0 Å². The van der Waals surface area contributed by atoms with E-state index in [0.29, 0.717) is 5.56 Å². The van der Waals surface area contributed by atoms with Crippen LogP contribution in [0.1, 0.15) is 40.2 Å². The summed E-state index contributed by atoms with van der Waals surface area (Å²) >= 11 is 0. The van der Waals surface area contributed by atoms with Crippen molar-refractivity contribution in [2.75, 3.05) is 13.1 Å². The Balaban J connectivity index is 1.77. The molecule has 2 aromatic rings. The molecule has 0 saturated carbocycles. The van der Waals surface area contributed by atoms with Crippen LogP contribution in [0.15, 0.2) is 30.3 Å². The highest BCUT2D eigenvalue weighted by Crippen LogP contribution is 2.32. The van der Waals surface area contributed by atoms with Gasteiger partial charge in [0.15, 0.2) is 6.10 Å². The number of aryl methyl sites for hydroxylation is 2. The van der Waals surface area contributed by atoms with Gasteiger partial charge in [0, 0.05) is 30.2 Å². The predicted octanol–water partition coefficient (Wildman–Crippen LogP) is 4.18. The Morgan fingerprint density at radius 3 is 2.36 bits per heavy atom. The van der Waals surface area contributed by atoms with Crippen molar-refractivity contribution in [3.05, 3.63) is 52.8 Å². The third-order valence-electron chi connectivity index (χ3n) is 5.53. The molecule has 3 rings (SSSR count). The lowest BCUT2D eigenvalue weighted by Gasteiger charge is -2.34. The number of nitrogens with zero attached hydrogens (tertiary/aromatic N) is 2. The van der Waals surface area contributed by atoms with Crippen LogP contribution in [0.3, 0.4) is 0 Å². The molecule has 0 aliphatic carbocycles. The van der Waals surface area contributed by atoms with E-state index in [9.17, 15) is 23.1 Å². The average molecular weight is 394 g/mol. The second-order valence-electron chi connectivity index (χ2n) is 7.58. The Kier molecular flexibility index (Phi) is 5.57. The van der Waals surface area contributed by atoms with Gasteiger partial charge in [-0.15, -0.1) is 0 Å². The molecular formula is C21H25F3N2O2. The number of aromatic nitrogens is 1. The van der Waals surface area contributed by atoms with E-state index in [1.165, 1.54) is 0 Å². The highest BCUT2D eigenvalue weighted by Gasteiger charge is 2.44. The summed E-state index contributed by atoms with van der Waals surface area (Å²) in [5.74, 6) is -1.03. The van der Waals surface area contributed by atoms with Crippen LogP contribution < -0.4 is 0 Å². The molecule has 2 heterocycles. The van der Waals surface area contributed by atoms with Crippen molar-refractivity contribution in [3.63, 3.8) is 0 Å². The molecule has 0 bridgehead atoms. The molecule has 1 amide bonds. The number of hydrogen-bond donors (Lipinski definition) is 1. The Labute approximate surface area is 162 Å². The number of rotatable bonds is 3. The zero-order valence-corrected chi connectivity index (χ0v) is 16.3. The fraction of sp³-hybridized carbons (Fsp3) is 0.476. The molecule has 1 aliphatic heterocycles. The van der Waals surface area contributed by atoms with Crippen molar-refractivity contribution >= 4 is 5.91 Å². The minimum atomic E-state index is -4.62. The highest BCUT2D eigenvalue weighted by atomic mass is 19.4. The van der Waals surface area contributed by atoms with Crippen molar-refractivity contribution in [3.8, 4) is 5.69 Å². The van der Waals surface area contributed by atoms with Gasteiger partial charge in [0.2, 0.25) is 0 Å². The summed E-state index contributed by atoms with van der Waals surface area (Å²) in [6.07, 6.45) is -6.65. The summed E-state index contributed by atoms with van der Waals surface area (Å²) in [5.41, 5.74) is 4.39. The summed E-state index contributed by atoms with van der Waals surface area (Å²) in [6.45, 7) is 6.24. The van der Waals surface area contributed by atoms with E-state index in [2.05, 4.69) is 0 Å². The smallest absolute Gasteiger partial charge is 0.383 e. The second kappa shape index (κ2) is 7.62. The molecule has 1 unspecified atom stereocenters. The van der Waals surface area contributed by atoms with Crippen LogP contribution in [-0.4, -0.2) is 45.9 Å². The molecule has 1 N–H and O–H groups in total. The number of amides is 1. The minimum absolute atomic E-state index is 0.142. The number of halogens is 3. The van der Waals surface area contributed by atoms with Gasteiger partial charge in [0.25, 0.3) is 5.91 Å². The van der Waals surface area contributed by atoms with Gasteiger partial charge in [0.1, 0.15) is 0 Å². The Hall–Kier alpha value is -2.28. The SMILES string of the molecule is Cc1cccc(-n2c(C)cc(C(=O)N3CCC(C(O)C(F)(F)F)CC3)c2C)c1. The molecule has 28 heavy (non-hydrogen) atoms. The van der Waals surface area contributed by atoms with E-state index in [1.54, 1.807) is 4.90 Å². The van der Waals surface area contributed by atoms with Gasteiger partial charge in [0.05, 0.1) is 5.56 Å². The maximum Gasteiger partial charge on any atom is 0.414 e. The van der Waals surface area contributed by atoms with E-state index in [1.807, 2.05) is 55.7 Å². The van der Waals surface area contributed by atoms with Crippen molar-refractivity contribution < 1.29 is 23.1 Å². The van der Waals surface area contributed by atoms with Crippen LogP contribution >= 0.6 is 0 Å². The molecule has 1 saturated heterocycles. The summed E-state index contributed by atoms with van der Waals surface area (Å²) in [7, 11) is 0. The number of benzene rings is 1. The van der Waals surface area contributed by atoms with Gasteiger partial charge in [-0.05, 0) is 63.3 Å². The molecule has 152 valence electrons. The van der Waals surface area contributed by atoms with E-state index < -0.39 is 18.2 Å². The zero-order chi connectivity index (χ0) is 20.6. The van der Waals surface area contributed by atoms with Crippen LogP contribution in [0.2, 0.25) is 0 Å². The summed E-state index contributed by atoms with van der Waals surface area (Å²) < 4.78 is 40.1. The maximum absolute atomic E-state index is 13.0. The van der Waals surface area contributed by atoms with Crippen molar-refractivity contribution in [1.29, 1.82) is 0 Å². The molecule has 1 fully saturated rings. The highest BCUT2D eigenvalue weighted by molar-refractivity contribution is 5.96. The number of piperidine rings is 1. The van der Waals surface area contributed by atoms with E-state index >= 15 is 0 Å². The van der Waals surface area contributed by atoms with Gasteiger partial charge in [-0.1, -0.05) is 12.1 Å². The van der Waals surface area contributed by atoms with Crippen molar-refractivity contribution in [2.24, 2.45) is 5.92 Å². The number of alkyl halides is 3.